The highest BCUT2D eigenvalue weighted by Crippen LogP contribution is 2.33. The molecule has 3 aromatic rings. The number of carbonyl (C=O) groups excluding carboxylic acids is 1. The normalized spacial score (nSPS) is 14.0. The van der Waals surface area contributed by atoms with Crippen molar-refractivity contribution in [3.63, 3.8) is 0 Å². The van der Waals surface area contributed by atoms with Gasteiger partial charge in [-0.25, -0.2) is 0 Å². The van der Waals surface area contributed by atoms with Gasteiger partial charge < -0.3 is 28.5 Å². The maximum atomic E-state index is 12.9. The molecule has 1 aliphatic heterocycles. The third-order valence-corrected chi connectivity index (χ3v) is 5.41. The highest BCUT2D eigenvalue weighted by Gasteiger charge is 2.29. The van der Waals surface area contributed by atoms with Crippen LogP contribution in [-0.2, 0) is 4.79 Å². The van der Waals surface area contributed by atoms with E-state index in [4.69, 9.17) is 18.3 Å². The fourth-order valence-corrected chi connectivity index (χ4v) is 3.82. The highest BCUT2D eigenvalue weighted by molar-refractivity contribution is 5.93. The van der Waals surface area contributed by atoms with E-state index >= 15 is 0 Å². The Morgan fingerprint density at radius 2 is 1.97 bits per heavy atom. The molecule has 4 rings (SSSR count). The first kappa shape index (κ1) is 22.3. The number of nitrogens with one attached hydrogen (secondary N) is 1. The number of hydrogen-bond acceptors (Lipinski definition) is 8. The average molecular weight is 450 g/mol. The predicted molar refractivity (Wildman–Crippen MR) is 121 cm³/mol. The summed E-state index contributed by atoms with van der Waals surface area (Å²) in [5.41, 5.74) is 0.876. The first-order valence-electron chi connectivity index (χ1n) is 11.0. The van der Waals surface area contributed by atoms with Gasteiger partial charge in [-0.05, 0) is 51.0 Å². The molecule has 0 unspecified atom stereocenters. The Hall–Kier alpha value is -3.93. The number of amides is 1. The summed E-state index contributed by atoms with van der Waals surface area (Å²) in [6, 6.07) is 10.9. The topological polar surface area (TPSA) is 114 Å². The summed E-state index contributed by atoms with van der Waals surface area (Å²) in [5, 5.41) is 12.5. The van der Waals surface area contributed by atoms with E-state index in [1.54, 1.807) is 24.3 Å². The van der Waals surface area contributed by atoms with Crippen LogP contribution in [0.5, 0.6) is 11.5 Å². The molecule has 1 N–H and O–H groups in total. The lowest BCUT2D eigenvalue weighted by molar-refractivity contribution is -0.120. The molecular weight excluding hydrogens is 424 g/mol. The number of anilines is 2. The second-order valence-corrected chi connectivity index (χ2v) is 7.54. The summed E-state index contributed by atoms with van der Waals surface area (Å²) < 4.78 is 22.4. The van der Waals surface area contributed by atoms with E-state index in [-0.39, 0.29) is 23.4 Å². The van der Waals surface area contributed by atoms with Gasteiger partial charge in [0.2, 0.25) is 17.5 Å². The predicted octanol–water partition coefficient (Wildman–Crippen LogP) is 4.46. The molecular formula is C24H26N4O5. The van der Waals surface area contributed by atoms with Crippen LogP contribution < -0.4 is 19.7 Å². The van der Waals surface area contributed by atoms with Crippen LogP contribution in [0.25, 0.3) is 11.7 Å². The minimum Gasteiger partial charge on any atom is -0.490 e. The van der Waals surface area contributed by atoms with Crippen molar-refractivity contribution >= 4 is 17.5 Å². The molecule has 0 radical (unpaired) electrons. The van der Waals surface area contributed by atoms with Gasteiger partial charge in [0.25, 0.3) is 5.89 Å². The first-order chi connectivity index (χ1) is 16.1. The molecule has 33 heavy (non-hydrogen) atoms. The number of benzene rings is 1. The molecule has 0 bridgehead atoms. The van der Waals surface area contributed by atoms with Crippen molar-refractivity contribution in [3.8, 4) is 29.2 Å². The van der Waals surface area contributed by atoms with Crippen LogP contribution in [0.15, 0.2) is 45.4 Å². The van der Waals surface area contributed by atoms with Crippen molar-refractivity contribution < 1.29 is 23.1 Å². The number of piperidine rings is 1. The zero-order valence-electron chi connectivity index (χ0n) is 18.7. The van der Waals surface area contributed by atoms with Crippen molar-refractivity contribution in [1.82, 2.24) is 4.98 Å². The zero-order chi connectivity index (χ0) is 23.2. The van der Waals surface area contributed by atoms with Crippen LogP contribution in [0.4, 0.5) is 11.6 Å². The first-order valence-corrected chi connectivity index (χ1v) is 11.0. The molecule has 1 aliphatic rings. The summed E-state index contributed by atoms with van der Waals surface area (Å²) in [7, 11) is 0. The fraction of sp³-hybridized carbons (Fsp3) is 0.375. The molecule has 9 heteroatoms. The molecule has 0 aliphatic carbocycles. The molecule has 3 heterocycles. The second-order valence-electron chi connectivity index (χ2n) is 7.54. The Bertz CT molecular complexity index is 1120. The van der Waals surface area contributed by atoms with E-state index in [0.717, 1.165) is 0 Å². The van der Waals surface area contributed by atoms with E-state index < -0.39 is 0 Å². The van der Waals surface area contributed by atoms with Gasteiger partial charge in [-0.1, -0.05) is 0 Å². The van der Waals surface area contributed by atoms with Gasteiger partial charge in [0.15, 0.2) is 17.3 Å². The van der Waals surface area contributed by atoms with Gasteiger partial charge in [-0.2, -0.15) is 10.2 Å². The summed E-state index contributed by atoms with van der Waals surface area (Å²) in [4.78, 5) is 19.1. The van der Waals surface area contributed by atoms with Crippen molar-refractivity contribution in [1.29, 1.82) is 5.26 Å². The zero-order valence-corrected chi connectivity index (χ0v) is 18.7. The highest BCUT2D eigenvalue weighted by atomic mass is 16.5. The van der Waals surface area contributed by atoms with Crippen molar-refractivity contribution in [2.24, 2.45) is 5.92 Å². The summed E-state index contributed by atoms with van der Waals surface area (Å²) in [6.07, 6.45) is 2.78. The van der Waals surface area contributed by atoms with Gasteiger partial charge >= 0.3 is 0 Å². The Morgan fingerprint density at radius 3 is 2.64 bits per heavy atom. The number of nitrogens with zero attached hydrogens (tertiary/aromatic N) is 3. The van der Waals surface area contributed by atoms with Crippen LogP contribution in [-0.4, -0.2) is 37.2 Å². The van der Waals surface area contributed by atoms with Gasteiger partial charge in [0.05, 0.1) is 19.5 Å². The summed E-state index contributed by atoms with van der Waals surface area (Å²) in [6.45, 7) is 6.00. The largest absolute Gasteiger partial charge is 0.490 e. The minimum atomic E-state index is -0.152. The Kier molecular flexibility index (Phi) is 6.83. The van der Waals surface area contributed by atoms with E-state index in [1.807, 2.05) is 24.8 Å². The van der Waals surface area contributed by atoms with Crippen molar-refractivity contribution in [2.45, 2.75) is 26.7 Å². The van der Waals surface area contributed by atoms with Crippen molar-refractivity contribution in [3.05, 3.63) is 42.3 Å². The molecule has 2 aromatic heterocycles. The Balaban J connectivity index is 1.39. The minimum absolute atomic E-state index is 0.0457. The van der Waals surface area contributed by atoms with Gasteiger partial charge in [-0.15, -0.1) is 0 Å². The van der Waals surface area contributed by atoms with Crippen LogP contribution in [0.3, 0.4) is 0 Å². The second kappa shape index (κ2) is 10.1. The lowest BCUT2D eigenvalue weighted by atomic mass is 9.96. The molecule has 1 fully saturated rings. The molecule has 0 spiro atoms. The summed E-state index contributed by atoms with van der Waals surface area (Å²) in [5.74, 6) is 2.21. The van der Waals surface area contributed by atoms with E-state index in [9.17, 15) is 10.1 Å². The number of carbonyl (C=O) groups is 1. The molecule has 1 saturated heterocycles. The Morgan fingerprint density at radius 1 is 1.21 bits per heavy atom. The number of furan rings is 1. The van der Waals surface area contributed by atoms with Gasteiger partial charge in [0.1, 0.15) is 6.07 Å². The molecule has 1 aromatic carbocycles. The quantitative estimate of drug-likeness (QED) is 0.535. The third kappa shape index (κ3) is 4.95. The number of rotatable bonds is 8. The Labute approximate surface area is 191 Å². The average Bonchev–Trinajstić information content (AvgIpc) is 3.51. The van der Waals surface area contributed by atoms with Crippen LogP contribution in [0.2, 0.25) is 0 Å². The van der Waals surface area contributed by atoms with Gasteiger partial charge in [-0.3, -0.25) is 4.79 Å². The van der Waals surface area contributed by atoms with Crippen LogP contribution >= 0.6 is 0 Å². The summed E-state index contributed by atoms with van der Waals surface area (Å²) >= 11 is 0. The number of nitriles is 1. The molecule has 172 valence electrons. The number of oxazole rings is 1. The monoisotopic (exact) mass is 450 g/mol. The SMILES string of the molecule is CCOc1ccc(NC(=O)C2CCN(c3oc(-c4ccco4)nc3C#N)CC2)cc1OCC. The number of ether oxygens (including phenoxy) is 2. The molecule has 0 saturated carbocycles. The molecule has 9 nitrogen and oxygen atoms in total. The number of hydrogen-bond donors (Lipinski definition) is 1. The fourth-order valence-electron chi connectivity index (χ4n) is 3.82. The van der Waals surface area contributed by atoms with Crippen molar-refractivity contribution in [2.75, 3.05) is 36.5 Å². The molecule has 0 atom stereocenters. The van der Waals surface area contributed by atoms with Crippen LogP contribution in [0.1, 0.15) is 32.4 Å². The standard InChI is InChI=1S/C24H26N4O5/c1-3-30-19-8-7-17(14-21(19)31-4-2)26-22(29)16-9-11-28(12-10-16)24-18(15-25)27-23(33-24)20-6-5-13-32-20/h5-8,13-14,16H,3-4,9-12H2,1-2H3,(H,26,29). The smallest absolute Gasteiger partial charge is 0.266 e. The number of aromatic nitrogens is 1. The van der Waals surface area contributed by atoms with Crippen LogP contribution in [0, 0.1) is 17.2 Å². The van der Waals surface area contributed by atoms with E-state index in [0.29, 0.717) is 68.0 Å². The van der Waals surface area contributed by atoms with E-state index in [2.05, 4.69) is 16.4 Å². The van der Waals surface area contributed by atoms with E-state index in [1.165, 1.54) is 6.26 Å². The third-order valence-electron chi connectivity index (χ3n) is 5.41. The van der Waals surface area contributed by atoms with Gasteiger partial charge in [0, 0.05) is 30.8 Å². The maximum Gasteiger partial charge on any atom is 0.266 e. The lowest BCUT2D eigenvalue weighted by Crippen LogP contribution is -2.38. The maximum absolute atomic E-state index is 12.9. The lowest BCUT2D eigenvalue weighted by Gasteiger charge is -2.31. The molecule has 1 amide bonds.